The van der Waals surface area contributed by atoms with Crippen LogP contribution >= 0.6 is 0 Å². The molecule has 1 fully saturated rings. The Hall–Kier alpha value is -1.97. The van der Waals surface area contributed by atoms with Crippen molar-refractivity contribution in [3.05, 3.63) is 59.7 Å². The number of benzene rings is 1. The molecule has 0 amide bonds. The minimum atomic E-state index is -4.21. The van der Waals surface area contributed by atoms with Crippen LogP contribution in [0.5, 0.6) is 0 Å². The molecule has 2 aliphatic rings. The van der Waals surface area contributed by atoms with E-state index in [2.05, 4.69) is 0 Å². The molecule has 0 saturated carbocycles. The second-order valence-electron chi connectivity index (χ2n) is 9.12. The molecule has 0 bridgehead atoms. The predicted molar refractivity (Wildman–Crippen MR) is 113 cm³/mol. The fraction of sp³-hybridized carbons (Fsp3) is 0.429. The van der Waals surface area contributed by atoms with Crippen LogP contribution in [-0.2, 0) is 19.3 Å². The average molecular weight is 435 g/mol. The topological polar surface area (TPSA) is 57.5 Å². The van der Waals surface area contributed by atoms with Crippen LogP contribution in [-0.4, -0.2) is 35.5 Å². The summed E-state index contributed by atoms with van der Waals surface area (Å²) in [5.74, 6) is -1.36. The van der Waals surface area contributed by atoms with E-state index >= 15 is 0 Å². The maximum absolute atomic E-state index is 14.7. The summed E-state index contributed by atoms with van der Waals surface area (Å²) in [6.45, 7) is 8.90. The van der Waals surface area contributed by atoms with Gasteiger partial charge in [-0.05, 0) is 70.8 Å². The molecule has 1 aliphatic heterocycles. The highest BCUT2D eigenvalue weighted by molar-refractivity contribution is 7.91. The van der Waals surface area contributed by atoms with Crippen molar-refractivity contribution in [1.29, 1.82) is 0 Å². The van der Waals surface area contributed by atoms with Crippen LogP contribution in [0, 0.1) is 5.82 Å². The Morgan fingerprint density at radius 2 is 1.67 bits per heavy atom. The summed E-state index contributed by atoms with van der Waals surface area (Å²) in [4.78, 5) is 0. The van der Waals surface area contributed by atoms with Crippen LogP contribution in [0.2, 0.25) is 0 Å². The minimum absolute atomic E-state index is 0.0479. The van der Waals surface area contributed by atoms with Crippen molar-refractivity contribution < 1.29 is 26.5 Å². The molecule has 5 nitrogen and oxygen atoms in total. The summed E-state index contributed by atoms with van der Waals surface area (Å²) in [6, 6.07) is 5.85. The first-order valence-electron chi connectivity index (χ1n) is 9.73. The first kappa shape index (κ1) is 21.3. The van der Waals surface area contributed by atoms with Gasteiger partial charge in [0.15, 0.2) is 0 Å². The highest BCUT2D eigenvalue weighted by Gasteiger charge is 2.54. The average Bonchev–Trinajstić information content (AvgIpc) is 3.14. The highest BCUT2D eigenvalue weighted by Crippen LogP contribution is 2.43. The van der Waals surface area contributed by atoms with Crippen molar-refractivity contribution >= 4 is 28.0 Å². The molecular formula is C21H24BF2NO4S. The first-order valence-corrected chi connectivity index (χ1v) is 11.2. The number of para-hydroxylation sites is 1. The largest absolute Gasteiger partial charge is 0.490 e. The number of rotatable bonds is 3. The van der Waals surface area contributed by atoms with Crippen molar-refractivity contribution in [3.63, 3.8) is 0 Å². The number of nitrogens with zero attached hydrogens (tertiary/aromatic N) is 1. The fourth-order valence-electron chi connectivity index (χ4n) is 3.88. The van der Waals surface area contributed by atoms with Gasteiger partial charge in [-0.1, -0.05) is 12.1 Å². The molecule has 1 aliphatic carbocycles. The molecule has 2 heterocycles. The molecule has 1 aromatic carbocycles. The Morgan fingerprint density at radius 1 is 1.03 bits per heavy atom. The second-order valence-corrected chi connectivity index (χ2v) is 11.4. The Bertz CT molecular complexity index is 1180. The Morgan fingerprint density at radius 3 is 2.30 bits per heavy atom. The van der Waals surface area contributed by atoms with E-state index in [9.17, 15) is 17.2 Å². The molecule has 4 rings (SSSR count). The Balaban J connectivity index is 1.75. The zero-order valence-electron chi connectivity index (χ0n) is 17.6. The second kappa shape index (κ2) is 6.51. The normalized spacial score (nSPS) is 26.0. The molecule has 2 aromatic rings. The molecule has 0 N–H and O–H groups in total. The number of aromatic nitrogens is 1. The number of allylic oxidation sites excluding steroid dienone is 3. The first-order chi connectivity index (χ1) is 13.8. The third kappa shape index (κ3) is 3.06. The quantitative estimate of drug-likeness (QED) is 0.665. The van der Waals surface area contributed by atoms with Gasteiger partial charge in [0.25, 0.3) is 0 Å². The van der Waals surface area contributed by atoms with E-state index in [1.165, 1.54) is 37.4 Å². The molecule has 0 radical (unpaired) electrons. The summed E-state index contributed by atoms with van der Waals surface area (Å²) in [6.07, 6.45) is 3.57. The Labute approximate surface area is 175 Å². The molecule has 1 aromatic heterocycles. The molecule has 1 unspecified atom stereocenters. The summed E-state index contributed by atoms with van der Waals surface area (Å²) < 4.78 is 67.5. The van der Waals surface area contributed by atoms with Gasteiger partial charge in [-0.3, -0.25) is 0 Å². The highest BCUT2D eigenvalue weighted by atomic mass is 32.2. The summed E-state index contributed by atoms with van der Waals surface area (Å²) in [7, 11) is -5.08. The van der Waals surface area contributed by atoms with Crippen LogP contribution < -0.4 is 0 Å². The number of hydrogen-bond donors (Lipinski definition) is 0. The van der Waals surface area contributed by atoms with Crippen molar-refractivity contribution in [2.75, 3.05) is 0 Å². The summed E-state index contributed by atoms with van der Waals surface area (Å²) >= 11 is 0. The number of hydrogen-bond acceptors (Lipinski definition) is 4. The lowest BCUT2D eigenvalue weighted by molar-refractivity contribution is 0.00578. The van der Waals surface area contributed by atoms with E-state index in [0.717, 1.165) is 10.0 Å². The van der Waals surface area contributed by atoms with E-state index in [1.807, 2.05) is 27.7 Å². The lowest BCUT2D eigenvalue weighted by atomic mass is 9.71. The molecule has 9 heteroatoms. The smallest absolute Gasteiger partial charge is 0.400 e. The van der Waals surface area contributed by atoms with Gasteiger partial charge in [0, 0.05) is 11.6 Å². The predicted octanol–water partition coefficient (Wildman–Crippen LogP) is 4.53. The maximum Gasteiger partial charge on any atom is 0.490 e. The van der Waals surface area contributed by atoms with Crippen molar-refractivity contribution in [2.45, 2.75) is 57.0 Å². The van der Waals surface area contributed by atoms with Gasteiger partial charge < -0.3 is 9.31 Å². The van der Waals surface area contributed by atoms with E-state index in [4.69, 9.17) is 9.31 Å². The van der Waals surface area contributed by atoms with E-state index < -0.39 is 44.7 Å². The SMILES string of the molecule is CC1(C)OB(C2=CC(F)=CC(C)(S(=O)(=O)n3ccc4cccc(F)c43)C2)OC1(C)C. The fourth-order valence-corrected chi connectivity index (χ4v) is 5.59. The standard InChI is InChI=1S/C21H24BF2NO4S/c1-19(2)20(3,4)29-22(28-19)15-11-16(23)13-21(5,12-15)30(26,27)25-10-9-14-7-6-8-17(24)18(14)25/h6-11,13H,12H2,1-5H3. The molecule has 0 spiro atoms. The number of fused-ring (bicyclic) bond motifs is 1. The van der Waals surface area contributed by atoms with Crippen LogP contribution in [0.3, 0.4) is 0 Å². The van der Waals surface area contributed by atoms with Gasteiger partial charge in [-0.25, -0.2) is 21.2 Å². The van der Waals surface area contributed by atoms with Crippen LogP contribution in [0.25, 0.3) is 10.9 Å². The lowest BCUT2D eigenvalue weighted by Gasteiger charge is -2.32. The van der Waals surface area contributed by atoms with E-state index in [1.54, 1.807) is 6.07 Å². The minimum Gasteiger partial charge on any atom is -0.400 e. The zero-order chi connectivity index (χ0) is 22.1. The third-order valence-electron chi connectivity index (χ3n) is 6.35. The van der Waals surface area contributed by atoms with Gasteiger partial charge in [-0.15, -0.1) is 0 Å². The monoisotopic (exact) mass is 435 g/mol. The lowest BCUT2D eigenvalue weighted by Crippen LogP contribution is -2.41. The van der Waals surface area contributed by atoms with Gasteiger partial charge >= 0.3 is 7.12 Å². The van der Waals surface area contributed by atoms with Crippen LogP contribution in [0.4, 0.5) is 8.78 Å². The maximum atomic E-state index is 14.7. The molecular weight excluding hydrogens is 411 g/mol. The molecule has 160 valence electrons. The van der Waals surface area contributed by atoms with Gasteiger partial charge in [0.05, 0.1) is 16.7 Å². The zero-order valence-corrected chi connectivity index (χ0v) is 18.4. The molecule has 30 heavy (non-hydrogen) atoms. The summed E-state index contributed by atoms with van der Waals surface area (Å²) in [5, 5.41) is 0.448. The van der Waals surface area contributed by atoms with Crippen molar-refractivity contribution in [3.8, 4) is 0 Å². The summed E-state index contributed by atoms with van der Waals surface area (Å²) in [5.41, 5.74) is -0.966. The molecule has 1 atom stereocenters. The number of halogens is 2. The Kier molecular flexibility index (Phi) is 4.62. The van der Waals surface area contributed by atoms with Crippen molar-refractivity contribution in [2.24, 2.45) is 0 Å². The van der Waals surface area contributed by atoms with Gasteiger partial charge in [0.1, 0.15) is 16.4 Å². The van der Waals surface area contributed by atoms with Gasteiger partial charge in [-0.2, -0.15) is 0 Å². The third-order valence-corrected chi connectivity index (χ3v) is 8.62. The van der Waals surface area contributed by atoms with Crippen molar-refractivity contribution in [1.82, 2.24) is 3.97 Å². The van der Waals surface area contributed by atoms with Crippen LogP contribution in [0.1, 0.15) is 41.0 Å². The van der Waals surface area contributed by atoms with E-state index in [-0.39, 0.29) is 11.9 Å². The van der Waals surface area contributed by atoms with Gasteiger partial charge in [0.2, 0.25) is 10.0 Å². The molecule has 1 saturated heterocycles. The van der Waals surface area contributed by atoms with Crippen LogP contribution in [0.15, 0.2) is 53.9 Å². The van der Waals surface area contributed by atoms with E-state index in [0.29, 0.717) is 10.9 Å².